The molecule has 102 valence electrons. The molecule has 0 spiro atoms. The maximum absolute atomic E-state index is 12.1. The molecule has 1 amide bonds. The van der Waals surface area contributed by atoms with Gasteiger partial charge in [-0.2, -0.15) is 0 Å². The summed E-state index contributed by atoms with van der Waals surface area (Å²) in [6.07, 6.45) is 0. The summed E-state index contributed by atoms with van der Waals surface area (Å²) in [6, 6.07) is 5.08. The number of anilines is 1. The minimum absolute atomic E-state index is 0.0614. The number of amides is 1. The van der Waals surface area contributed by atoms with E-state index in [1.165, 1.54) is 0 Å². The second-order valence-electron chi connectivity index (χ2n) is 4.99. The van der Waals surface area contributed by atoms with Crippen molar-refractivity contribution in [1.29, 1.82) is 0 Å². The molecule has 0 radical (unpaired) electrons. The third kappa shape index (κ3) is 2.46. The third-order valence-electron chi connectivity index (χ3n) is 3.73. The van der Waals surface area contributed by atoms with Crippen LogP contribution >= 0.6 is 0 Å². The monoisotopic (exact) mass is 262 g/mol. The van der Waals surface area contributed by atoms with Crippen LogP contribution in [0.4, 0.5) is 5.69 Å². The first-order chi connectivity index (χ1) is 8.91. The van der Waals surface area contributed by atoms with Crippen LogP contribution in [0, 0.1) is 13.8 Å². The first-order valence-electron chi connectivity index (χ1n) is 6.21. The Morgan fingerprint density at radius 2 is 2.05 bits per heavy atom. The van der Waals surface area contributed by atoms with E-state index in [4.69, 9.17) is 0 Å². The summed E-state index contributed by atoms with van der Waals surface area (Å²) in [6.45, 7) is 4.25. The van der Waals surface area contributed by atoms with Crippen LogP contribution in [-0.2, 0) is 9.59 Å². The molecule has 1 aromatic rings. The Bertz CT molecular complexity index is 527. The molecule has 1 heterocycles. The zero-order chi connectivity index (χ0) is 14.2. The average molecular weight is 262 g/mol. The number of rotatable bonds is 2. The molecule has 0 saturated carbocycles. The van der Waals surface area contributed by atoms with Gasteiger partial charge in [0.05, 0.1) is 13.1 Å². The van der Waals surface area contributed by atoms with E-state index in [0.29, 0.717) is 0 Å². The van der Waals surface area contributed by atoms with Crippen molar-refractivity contribution in [3.63, 3.8) is 0 Å². The largest absolute Gasteiger partial charge is 0.480 e. The first kappa shape index (κ1) is 13.5. The molecule has 1 aromatic carbocycles. The van der Waals surface area contributed by atoms with Crippen LogP contribution in [0.5, 0.6) is 0 Å². The molecule has 5 heteroatoms. The van der Waals surface area contributed by atoms with E-state index in [2.05, 4.69) is 0 Å². The number of carboxylic acid groups (broad SMARTS) is 1. The molecule has 5 nitrogen and oxygen atoms in total. The molecule has 1 N–H and O–H groups in total. The second-order valence-corrected chi connectivity index (χ2v) is 4.99. The molecule has 1 unspecified atom stereocenters. The fourth-order valence-electron chi connectivity index (χ4n) is 2.35. The van der Waals surface area contributed by atoms with Gasteiger partial charge in [-0.1, -0.05) is 12.1 Å². The number of nitrogens with zero attached hydrogens (tertiary/aromatic N) is 2. The predicted octanol–water partition coefficient (Wildman–Crippen LogP) is 1.04. The van der Waals surface area contributed by atoms with Gasteiger partial charge in [-0.25, -0.2) is 0 Å². The van der Waals surface area contributed by atoms with Crippen molar-refractivity contribution in [2.24, 2.45) is 0 Å². The number of aryl methyl sites for hydroxylation is 1. The van der Waals surface area contributed by atoms with E-state index >= 15 is 0 Å². The van der Waals surface area contributed by atoms with Crippen LogP contribution in [0.2, 0.25) is 0 Å². The average Bonchev–Trinajstić information content (AvgIpc) is 2.33. The van der Waals surface area contributed by atoms with E-state index in [1.807, 2.05) is 32.0 Å². The zero-order valence-electron chi connectivity index (χ0n) is 11.4. The van der Waals surface area contributed by atoms with Gasteiger partial charge in [0.25, 0.3) is 0 Å². The van der Waals surface area contributed by atoms with Crippen molar-refractivity contribution in [1.82, 2.24) is 4.90 Å². The van der Waals surface area contributed by atoms with E-state index in [0.717, 1.165) is 16.8 Å². The Hall–Kier alpha value is -1.88. The molecule has 1 aliphatic rings. The predicted molar refractivity (Wildman–Crippen MR) is 72.3 cm³/mol. The lowest BCUT2D eigenvalue weighted by Gasteiger charge is -2.37. The topological polar surface area (TPSA) is 60.9 Å². The van der Waals surface area contributed by atoms with Crippen LogP contribution in [0.3, 0.4) is 0 Å². The van der Waals surface area contributed by atoms with Gasteiger partial charge >= 0.3 is 5.97 Å². The normalized spacial score (nSPS) is 20.7. The van der Waals surface area contributed by atoms with E-state index < -0.39 is 12.0 Å². The van der Waals surface area contributed by atoms with Crippen molar-refractivity contribution < 1.29 is 14.7 Å². The Labute approximate surface area is 112 Å². The summed E-state index contributed by atoms with van der Waals surface area (Å²) in [4.78, 5) is 26.5. The van der Waals surface area contributed by atoms with E-state index in [-0.39, 0.29) is 19.0 Å². The van der Waals surface area contributed by atoms with Crippen LogP contribution in [0.25, 0.3) is 0 Å². The summed E-state index contributed by atoms with van der Waals surface area (Å²) in [5, 5.41) is 9.20. The van der Waals surface area contributed by atoms with E-state index in [9.17, 15) is 14.7 Å². The minimum atomic E-state index is -0.898. The minimum Gasteiger partial charge on any atom is -0.480 e. The van der Waals surface area contributed by atoms with Crippen LogP contribution in [0.15, 0.2) is 18.2 Å². The van der Waals surface area contributed by atoms with Gasteiger partial charge in [-0.05, 0) is 38.1 Å². The fourth-order valence-corrected chi connectivity index (χ4v) is 2.35. The Morgan fingerprint density at radius 3 is 2.68 bits per heavy atom. The molecular weight excluding hydrogens is 244 g/mol. The zero-order valence-corrected chi connectivity index (χ0v) is 11.4. The number of hydrogen-bond donors (Lipinski definition) is 1. The Morgan fingerprint density at radius 1 is 1.37 bits per heavy atom. The van der Waals surface area contributed by atoms with Crippen LogP contribution in [-0.4, -0.2) is 48.1 Å². The van der Waals surface area contributed by atoms with Gasteiger partial charge in [-0.3, -0.25) is 14.5 Å². The highest BCUT2D eigenvalue weighted by Crippen LogP contribution is 2.25. The SMILES string of the molecule is Cc1cccc(N2CC(C(=O)O)N(C)CC2=O)c1C. The van der Waals surface area contributed by atoms with Gasteiger partial charge < -0.3 is 10.0 Å². The van der Waals surface area contributed by atoms with Gasteiger partial charge in [0.1, 0.15) is 6.04 Å². The summed E-state index contributed by atoms with van der Waals surface area (Å²) in [7, 11) is 1.66. The van der Waals surface area contributed by atoms with Gasteiger partial charge in [-0.15, -0.1) is 0 Å². The summed E-state index contributed by atoms with van der Waals surface area (Å²) in [5.41, 5.74) is 2.92. The number of aliphatic carboxylic acids is 1. The standard InChI is InChI=1S/C14H18N2O3/c1-9-5-4-6-11(10(9)2)16-7-12(14(18)19)15(3)8-13(16)17/h4-6,12H,7-8H2,1-3H3,(H,18,19). The van der Waals surface area contributed by atoms with E-state index in [1.54, 1.807) is 16.8 Å². The fraction of sp³-hybridized carbons (Fsp3) is 0.429. The van der Waals surface area contributed by atoms with Gasteiger partial charge in [0.2, 0.25) is 5.91 Å². The highest BCUT2D eigenvalue weighted by Gasteiger charge is 2.35. The van der Waals surface area contributed by atoms with Crippen molar-refractivity contribution >= 4 is 17.6 Å². The number of likely N-dealkylation sites (N-methyl/N-ethyl adjacent to an activating group) is 1. The lowest BCUT2D eigenvalue weighted by Crippen LogP contribution is -2.57. The number of piperazine rings is 1. The number of carbonyl (C=O) groups excluding carboxylic acids is 1. The highest BCUT2D eigenvalue weighted by molar-refractivity contribution is 5.98. The maximum Gasteiger partial charge on any atom is 0.322 e. The summed E-state index contributed by atoms with van der Waals surface area (Å²) >= 11 is 0. The van der Waals surface area contributed by atoms with Crippen LogP contribution < -0.4 is 4.90 Å². The Kier molecular flexibility index (Phi) is 3.57. The quantitative estimate of drug-likeness (QED) is 0.865. The summed E-state index contributed by atoms with van der Waals surface area (Å²) in [5.74, 6) is -0.959. The van der Waals surface area contributed by atoms with Crippen molar-refractivity contribution in [2.45, 2.75) is 19.9 Å². The van der Waals surface area contributed by atoms with Crippen molar-refractivity contribution in [3.05, 3.63) is 29.3 Å². The lowest BCUT2D eigenvalue weighted by molar-refractivity contribution is -0.144. The van der Waals surface area contributed by atoms with Crippen molar-refractivity contribution in [2.75, 3.05) is 25.0 Å². The van der Waals surface area contributed by atoms with Gasteiger partial charge in [0, 0.05) is 5.69 Å². The molecule has 1 fully saturated rings. The second kappa shape index (κ2) is 5.01. The van der Waals surface area contributed by atoms with Gasteiger partial charge in [0.15, 0.2) is 0 Å². The molecule has 2 rings (SSSR count). The Balaban J connectivity index is 2.35. The smallest absolute Gasteiger partial charge is 0.322 e. The molecule has 0 bridgehead atoms. The molecule has 19 heavy (non-hydrogen) atoms. The highest BCUT2D eigenvalue weighted by atomic mass is 16.4. The molecule has 1 saturated heterocycles. The number of carbonyl (C=O) groups is 2. The number of hydrogen-bond acceptors (Lipinski definition) is 3. The third-order valence-corrected chi connectivity index (χ3v) is 3.73. The first-order valence-corrected chi connectivity index (χ1v) is 6.21. The molecular formula is C14H18N2O3. The molecule has 1 aliphatic heterocycles. The lowest BCUT2D eigenvalue weighted by atomic mass is 10.0. The van der Waals surface area contributed by atoms with Crippen molar-refractivity contribution in [3.8, 4) is 0 Å². The molecule has 0 aliphatic carbocycles. The molecule has 0 aromatic heterocycles. The maximum atomic E-state index is 12.1. The number of carboxylic acids is 1. The molecule has 1 atom stereocenters. The number of benzene rings is 1. The van der Waals surface area contributed by atoms with Crippen LogP contribution in [0.1, 0.15) is 11.1 Å². The summed E-state index contributed by atoms with van der Waals surface area (Å²) < 4.78 is 0.